The van der Waals surface area contributed by atoms with Gasteiger partial charge in [-0.3, -0.25) is 16.3 Å². The summed E-state index contributed by atoms with van der Waals surface area (Å²) in [7, 11) is 0. The second kappa shape index (κ2) is 15.6. The van der Waals surface area contributed by atoms with Crippen LogP contribution in [0.5, 0.6) is 0 Å². The van der Waals surface area contributed by atoms with E-state index in [0.717, 1.165) is 60.4 Å². The maximum atomic E-state index is 14.4. The molecule has 0 fully saturated rings. The van der Waals surface area contributed by atoms with Crippen LogP contribution in [-0.2, 0) is 20.1 Å². The average Bonchev–Trinajstić information content (AvgIpc) is 3.82. The molecule has 0 N–H and O–H groups in total. The van der Waals surface area contributed by atoms with Gasteiger partial charge in [0.1, 0.15) is 5.82 Å². The molecule has 0 aliphatic rings. The van der Waals surface area contributed by atoms with Crippen molar-refractivity contribution in [2.45, 2.75) is 20.6 Å². The zero-order chi connectivity index (χ0) is 40.6. The molecule has 0 aliphatic carbocycles. The maximum Gasteiger partial charge on any atom is 0.113 e. The van der Waals surface area contributed by atoms with E-state index < -0.39 is 13.7 Å². The topological polar surface area (TPSA) is 30.7 Å². The number of benzene rings is 6. The van der Waals surface area contributed by atoms with Crippen LogP contribution in [0.3, 0.4) is 0 Å². The molecule has 53 heavy (non-hydrogen) atoms. The molecule has 261 valence electrons. The van der Waals surface area contributed by atoms with Crippen LogP contribution in [0.1, 0.15) is 24.9 Å². The quantitative estimate of drug-likeness (QED) is 0.161. The van der Waals surface area contributed by atoms with Gasteiger partial charge in [-0.1, -0.05) is 120 Å². The van der Waals surface area contributed by atoms with Crippen molar-refractivity contribution in [3.8, 4) is 50.6 Å². The monoisotopic (exact) mass is 890 g/mol. The molecule has 6 aromatic carbocycles. The van der Waals surface area contributed by atoms with Gasteiger partial charge in [0.05, 0.1) is 22.5 Å². The Kier molecular flexibility index (Phi) is 8.54. The first-order valence-corrected chi connectivity index (χ1v) is 17.5. The predicted octanol–water partition coefficient (Wildman–Crippen LogP) is 12.7. The minimum atomic E-state index is -2.18. The van der Waals surface area contributed by atoms with Crippen LogP contribution < -0.4 is 0 Å². The van der Waals surface area contributed by atoms with Crippen LogP contribution >= 0.6 is 11.3 Å². The van der Waals surface area contributed by atoms with Gasteiger partial charge in [0, 0.05) is 45.7 Å². The number of halogens is 1. The number of imidazole rings is 1. The number of pyridine rings is 1. The summed E-state index contributed by atoms with van der Waals surface area (Å²) in [6, 6.07) is 48.9. The molecule has 0 amide bonds. The Bertz CT molecular complexity index is 2760. The van der Waals surface area contributed by atoms with Crippen LogP contribution in [0.25, 0.3) is 71.7 Å². The van der Waals surface area contributed by atoms with Crippen LogP contribution in [0, 0.1) is 37.9 Å². The number of aryl methyl sites for hydroxylation is 3. The molecule has 1 radical (unpaired) electrons. The molecule has 6 heteroatoms. The molecular formula is C47H34FIrN3S-2. The summed E-state index contributed by atoms with van der Waals surface area (Å²) in [4.78, 5) is 9.19. The van der Waals surface area contributed by atoms with Crippen LogP contribution in [0.4, 0.5) is 4.39 Å². The largest absolute Gasteiger partial charge is 0.332 e. The second-order valence-corrected chi connectivity index (χ2v) is 13.2. The SMILES string of the molecule is Cc1cc(-c2ccccc2)c(-n2c(-c3[c-]sc4ccc(F)cc34)nc3ccccc32)c(-c2ccccc2)c1.[2H]C([2H])([2H])c1c[c-]c(-c2ccc(C([2H])([2H])[2H])cn2)cc1.[Ir]. The van der Waals surface area contributed by atoms with Gasteiger partial charge in [-0.2, -0.15) is 0 Å². The Morgan fingerprint density at radius 2 is 1.40 bits per heavy atom. The van der Waals surface area contributed by atoms with Crippen molar-refractivity contribution in [1.82, 2.24) is 14.5 Å². The van der Waals surface area contributed by atoms with Gasteiger partial charge < -0.3 is 9.55 Å². The van der Waals surface area contributed by atoms with Crippen molar-refractivity contribution in [2.24, 2.45) is 0 Å². The van der Waals surface area contributed by atoms with Gasteiger partial charge in [-0.25, -0.2) is 4.39 Å². The van der Waals surface area contributed by atoms with Gasteiger partial charge in [0.2, 0.25) is 0 Å². The van der Waals surface area contributed by atoms with Crippen molar-refractivity contribution in [3.05, 3.63) is 186 Å². The molecule has 0 saturated carbocycles. The Hall–Kier alpha value is -5.52. The third-order valence-electron chi connectivity index (χ3n) is 8.76. The summed E-state index contributed by atoms with van der Waals surface area (Å²) >= 11 is 1.49. The van der Waals surface area contributed by atoms with Gasteiger partial charge >= 0.3 is 0 Å². The summed E-state index contributed by atoms with van der Waals surface area (Å²) in [6.45, 7) is -2.20. The number of hydrogen-bond donors (Lipinski definition) is 0. The van der Waals surface area contributed by atoms with Crippen molar-refractivity contribution >= 4 is 32.5 Å². The minimum Gasteiger partial charge on any atom is -0.332 e. The summed E-state index contributed by atoms with van der Waals surface area (Å²) < 4.78 is 61.3. The Labute approximate surface area is 335 Å². The third kappa shape index (κ3) is 7.40. The smallest absolute Gasteiger partial charge is 0.113 e. The number of aromatic nitrogens is 3. The van der Waals surface area contributed by atoms with E-state index in [0.29, 0.717) is 11.3 Å². The first kappa shape index (κ1) is 29.0. The fourth-order valence-corrected chi connectivity index (χ4v) is 7.19. The maximum absolute atomic E-state index is 14.4. The third-order valence-corrected chi connectivity index (χ3v) is 9.64. The van der Waals surface area contributed by atoms with Gasteiger partial charge in [0.25, 0.3) is 0 Å². The predicted molar refractivity (Wildman–Crippen MR) is 214 cm³/mol. The number of thiophene rings is 1. The fraction of sp³-hybridized carbons (Fsp3) is 0.0638. The molecule has 0 bridgehead atoms. The first-order chi connectivity index (χ1) is 27.8. The molecule has 3 nitrogen and oxygen atoms in total. The number of fused-ring (bicyclic) bond motifs is 2. The number of para-hydroxylation sites is 2. The normalized spacial score (nSPS) is 13.0. The Morgan fingerprint density at radius 1 is 0.717 bits per heavy atom. The zero-order valence-corrected chi connectivity index (χ0v) is 31.6. The van der Waals surface area contributed by atoms with Crippen molar-refractivity contribution < 1.29 is 32.7 Å². The van der Waals surface area contributed by atoms with E-state index in [1.54, 1.807) is 18.2 Å². The van der Waals surface area contributed by atoms with Gasteiger partial charge in [0.15, 0.2) is 0 Å². The van der Waals surface area contributed by atoms with E-state index in [4.69, 9.17) is 13.2 Å². The standard InChI is InChI=1S/C34H22FN2S.C13H12N.Ir/c1-22-18-26(23-10-4-2-5-11-23)33(27(19-22)24-12-6-3-7-13-24)37-31-15-9-8-14-30(31)36-34(37)29-21-38-32-17-16-25(35)20-28(29)32;1-10-3-6-12(7-4-10)13-8-5-11(2)9-14-13;/h2-20H,1H3;3-6,8-9H,1-2H3;/q2*-1;/i;1D3,2D3;. The first-order valence-electron chi connectivity index (χ1n) is 19.7. The summed E-state index contributed by atoms with van der Waals surface area (Å²) in [6.07, 6.45) is 1.30. The Balaban J connectivity index is 0.000000214. The summed E-state index contributed by atoms with van der Waals surface area (Å²) in [5.74, 6) is 0.486. The summed E-state index contributed by atoms with van der Waals surface area (Å²) in [5, 5.41) is 4.27. The molecule has 0 aliphatic heterocycles. The van der Waals surface area contributed by atoms with Crippen LogP contribution in [0.2, 0.25) is 0 Å². The molecule has 0 unspecified atom stereocenters. The molecule has 9 aromatic rings. The zero-order valence-electron chi connectivity index (χ0n) is 34.4. The fourth-order valence-electron chi connectivity index (χ4n) is 6.37. The number of rotatable bonds is 5. The minimum absolute atomic E-state index is 0. The van der Waals surface area contributed by atoms with E-state index in [1.807, 2.05) is 36.4 Å². The molecule has 0 spiro atoms. The Morgan fingerprint density at radius 3 is 2.04 bits per heavy atom. The van der Waals surface area contributed by atoms with E-state index in [2.05, 4.69) is 94.7 Å². The summed E-state index contributed by atoms with van der Waals surface area (Å²) in [5.41, 5.74) is 10.9. The van der Waals surface area contributed by atoms with E-state index in [-0.39, 0.29) is 37.0 Å². The average molecular weight is 890 g/mol. The molecule has 3 heterocycles. The van der Waals surface area contributed by atoms with Crippen LogP contribution in [-0.4, -0.2) is 14.5 Å². The van der Waals surface area contributed by atoms with Crippen molar-refractivity contribution in [3.63, 3.8) is 0 Å². The second-order valence-electron chi connectivity index (χ2n) is 12.3. The van der Waals surface area contributed by atoms with Crippen molar-refractivity contribution in [2.75, 3.05) is 0 Å². The molecule has 9 rings (SSSR count). The molecular weight excluding hydrogens is 850 g/mol. The van der Waals surface area contributed by atoms with E-state index >= 15 is 0 Å². The van der Waals surface area contributed by atoms with Gasteiger partial charge in [-0.15, -0.1) is 40.8 Å². The van der Waals surface area contributed by atoms with Crippen molar-refractivity contribution in [1.29, 1.82) is 0 Å². The molecule has 3 aromatic heterocycles. The van der Waals surface area contributed by atoms with E-state index in [1.165, 1.54) is 47.4 Å². The van der Waals surface area contributed by atoms with Crippen LogP contribution in [0.15, 0.2) is 152 Å². The van der Waals surface area contributed by atoms with Gasteiger partial charge in [-0.05, 0) is 72.1 Å². The molecule has 0 saturated heterocycles. The molecule has 0 atom stereocenters. The number of hydrogen-bond acceptors (Lipinski definition) is 3. The number of nitrogens with zero attached hydrogens (tertiary/aromatic N) is 3. The van der Waals surface area contributed by atoms with E-state index in [9.17, 15) is 4.39 Å².